The SMILES string of the molecule is CC[C@H](C)NC(=O)[C@H]1CCCN(S(=O)(=O)c2ccc(C)cc2)C1. The molecule has 0 saturated carbocycles. The first-order chi connectivity index (χ1) is 10.8. The molecule has 1 fully saturated rings. The van der Waals surface area contributed by atoms with Gasteiger partial charge >= 0.3 is 0 Å². The molecule has 2 atom stereocenters. The molecule has 1 aromatic carbocycles. The van der Waals surface area contributed by atoms with E-state index >= 15 is 0 Å². The van der Waals surface area contributed by atoms with Gasteiger partial charge in [-0.05, 0) is 45.2 Å². The summed E-state index contributed by atoms with van der Waals surface area (Å²) in [5, 5.41) is 2.96. The summed E-state index contributed by atoms with van der Waals surface area (Å²) in [4.78, 5) is 12.6. The molecule has 5 nitrogen and oxygen atoms in total. The molecule has 2 rings (SSSR count). The number of sulfonamides is 1. The monoisotopic (exact) mass is 338 g/mol. The van der Waals surface area contributed by atoms with Crippen LogP contribution in [0.25, 0.3) is 0 Å². The van der Waals surface area contributed by atoms with Gasteiger partial charge in [-0.2, -0.15) is 4.31 Å². The second kappa shape index (κ2) is 7.45. The van der Waals surface area contributed by atoms with Gasteiger partial charge in [0.25, 0.3) is 0 Å². The molecule has 23 heavy (non-hydrogen) atoms. The normalized spacial score (nSPS) is 20.9. The van der Waals surface area contributed by atoms with Crippen molar-refractivity contribution in [1.82, 2.24) is 9.62 Å². The Morgan fingerprint density at radius 1 is 1.35 bits per heavy atom. The lowest BCUT2D eigenvalue weighted by atomic mass is 9.98. The lowest BCUT2D eigenvalue weighted by Crippen LogP contribution is -2.46. The summed E-state index contributed by atoms with van der Waals surface area (Å²) in [5.74, 6) is -0.305. The quantitative estimate of drug-likeness (QED) is 0.896. The number of nitrogens with one attached hydrogen (secondary N) is 1. The molecule has 0 bridgehead atoms. The van der Waals surface area contributed by atoms with E-state index in [1.54, 1.807) is 24.3 Å². The van der Waals surface area contributed by atoms with Crippen molar-refractivity contribution in [3.05, 3.63) is 29.8 Å². The molecule has 0 spiro atoms. The van der Waals surface area contributed by atoms with Gasteiger partial charge in [0.2, 0.25) is 15.9 Å². The van der Waals surface area contributed by atoms with Crippen molar-refractivity contribution >= 4 is 15.9 Å². The molecule has 1 aliphatic heterocycles. The molecule has 6 heteroatoms. The number of nitrogens with zero attached hydrogens (tertiary/aromatic N) is 1. The van der Waals surface area contributed by atoms with Crippen LogP contribution in [0.2, 0.25) is 0 Å². The molecule has 128 valence electrons. The Bertz CT molecular complexity index is 640. The lowest BCUT2D eigenvalue weighted by Gasteiger charge is -2.31. The van der Waals surface area contributed by atoms with Crippen molar-refractivity contribution < 1.29 is 13.2 Å². The highest BCUT2D eigenvalue weighted by molar-refractivity contribution is 7.89. The first-order valence-electron chi connectivity index (χ1n) is 8.21. The van der Waals surface area contributed by atoms with E-state index in [1.807, 2.05) is 20.8 Å². The molecule has 0 radical (unpaired) electrons. The van der Waals surface area contributed by atoms with Crippen LogP contribution in [0.3, 0.4) is 0 Å². The number of hydrogen-bond donors (Lipinski definition) is 1. The first kappa shape index (κ1) is 17.9. The van der Waals surface area contributed by atoms with Crippen LogP contribution in [0.5, 0.6) is 0 Å². The molecule has 0 aromatic heterocycles. The van der Waals surface area contributed by atoms with Gasteiger partial charge < -0.3 is 5.32 Å². The molecule has 0 unspecified atom stereocenters. The fourth-order valence-electron chi connectivity index (χ4n) is 2.70. The zero-order chi connectivity index (χ0) is 17.0. The summed E-state index contributed by atoms with van der Waals surface area (Å²) in [6.07, 6.45) is 2.32. The zero-order valence-electron chi connectivity index (χ0n) is 14.1. The van der Waals surface area contributed by atoms with Crippen molar-refractivity contribution in [2.45, 2.75) is 51.0 Å². The third-order valence-electron chi connectivity index (χ3n) is 4.41. The van der Waals surface area contributed by atoms with Crippen LogP contribution >= 0.6 is 0 Å². The summed E-state index contributed by atoms with van der Waals surface area (Å²) in [6, 6.07) is 6.97. The third-order valence-corrected chi connectivity index (χ3v) is 6.29. The fourth-order valence-corrected chi connectivity index (χ4v) is 4.22. The molecule has 1 aliphatic rings. The third kappa shape index (κ3) is 4.32. The predicted octanol–water partition coefficient (Wildman–Crippen LogP) is 2.31. The van der Waals surface area contributed by atoms with Gasteiger partial charge in [-0.25, -0.2) is 8.42 Å². The van der Waals surface area contributed by atoms with E-state index in [1.165, 1.54) is 4.31 Å². The zero-order valence-corrected chi connectivity index (χ0v) is 14.9. The van der Waals surface area contributed by atoms with E-state index in [4.69, 9.17) is 0 Å². The minimum absolute atomic E-state index is 0.0387. The molecular formula is C17H26N2O3S. The topological polar surface area (TPSA) is 66.5 Å². The molecular weight excluding hydrogens is 312 g/mol. The number of carbonyl (C=O) groups is 1. The maximum Gasteiger partial charge on any atom is 0.243 e. The summed E-state index contributed by atoms with van der Waals surface area (Å²) >= 11 is 0. The van der Waals surface area contributed by atoms with Gasteiger partial charge in [-0.1, -0.05) is 24.6 Å². The number of benzene rings is 1. The highest BCUT2D eigenvalue weighted by Gasteiger charge is 2.33. The van der Waals surface area contributed by atoms with Gasteiger partial charge in [-0.3, -0.25) is 4.79 Å². The molecule has 1 heterocycles. The van der Waals surface area contributed by atoms with Crippen LogP contribution in [0, 0.1) is 12.8 Å². The van der Waals surface area contributed by atoms with Crippen LogP contribution in [0.1, 0.15) is 38.7 Å². The predicted molar refractivity (Wildman–Crippen MR) is 90.6 cm³/mol. The first-order valence-corrected chi connectivity index (χ1v) is 9.65. The summed E-state index contributed by atoms with van der Waals surface area (Å²) in [6.45, 7) is 6.63. The maximum atomic E-state index is 12.7. The average Bonchev–Trinajstić information content (AvgIpc) is 2.55. The Hall–Kier alpha value is -1.40. The number of rotatable bonds is 5. The second-order valence-electron chi connectivity index (χ2n) is 6.33. The van der Waals surface area contributed by atoms with E-state index < -0.39 is 10.0 Å². The van der Waals surface area contributed by atoms with Crippen LogP contribution in [0.4, 0.5) is 0 Å². The minimum atomic E-state index is -3.53. The largest absolute Gasteiger partial charge is 0.353 e. The van der Waals surface area contributed by atoms with Crippen molar-refractivity contribution in [3.63, 3.8) is 0 Å². The Balaban J connectivity index is 2.11. The van der Waals surface area contributed by atoms with Crippen LogP contribution in [0.15, 0.2) is 29.2 Å². The smallest absolute Gasteiger partial charge is 0.243 e. The van der Waals surface area contributed by atoms with E-state index in [2.05, 4.69) is 5.32 Å². The minimum Gasteiger partial charge on any atom is -0.353 e. The number of piperidine rings is 1. The number of hydrogen-bond acceptors (Lipinski definition) is 3. The van der Waals surface area contributed by atoms with E-state index in [-0.39, 0.29) is 24.4 Å². The van der Waals surface area contributed by atoms with Gasteiger partial charge in [0.05, 0.1) is 10.8 Å². The highest BCUT2D eigenvalue weighted by Crippen LogP contribution is 2.24. The van der Waals surface area contributed by atoms with Crippen LogP contribution < -0.4 is 5.32 Å². The van der Waals surface area contributed by atoms with E-state index in [0.29, 0.717) is 17.9 Å². The second-order valence-corrected chi connectivity index (χ2v) is 8.27. The fraction of sp³-hybridized carbons (Fsp3) is 0.588. The molecule has 1 N–H and O–H groups in total. The van der Waals surface area contributed by atoms with Crippen molar-refractivity contribution in [3.8, 4) is 0 Å². The number of amides is 1. The maximum absolute atomic E-state index is 12.7. The molecule has 1 amide bonds. The Kier molecular flexibility index (Phi) is 5.81. The van der Waals surface area contributed by atoms with Crippen LogP contribution in [-0.4, -0.2) is 37.8 Å². The standard InChI is InChI=1S/C17H26N2O3S/c1-4-14(3)18-17(20)15-6-5-11-19(12-15)23(21,22)16-9-7-13(2)8-10-16/h7-10,14-15H,4-6,11-12H2,1-3H3,(H,18,20)/t14-,15-/m0/s1. The average molecular weight is 338 g/mol. The van der Waals surface area contributed by atoms with Crippen molar-refractivity contribution in [2.75, 3.05) is 13.1 Å². The summed E-state index contributed by atoms with van der Waals surface area (Å²) in [5.41, 5.74) is 1.02. The van der Waals surface area contributed by atoms with Crippen molar-refractivity contribution in [2.24, 2.45) is 5.92 Å². The lowest BCUT2D eigenvalue weighted by molar-refractivity contribution is -0.126. The Morgan fingerprint density at radius 3 is 2.61 bits per heavy atom. The van der Waals surface area contributed by atoms with Gasteiger partial charge in [0.1, 0.15) is 0 Å². The summed E-state index contributed by atoms with van der Waals surface area (Å²) in [7, 11) is -3.53. The molecule has 1 saturated heterocycles. The summed E-state index contributed by atoms with van der Waals surface area (Å²) < 4.78 is 26.9. The van der Waals surface area contributed by atoms with Gasteiger partial charge in [0.15, 0.2) is 0 Å². The van der Waals surface area contributed by atoms with Crippen molar-refractivity contribution in [1.29, 1.82) is 0 Å². The van der Waals surface area contributed by atoms with Gasteiger partial charge in [-0.15, -0.1) is 0 Å². The Morgan fingerprint density at radius 2 is 2.00 bits per heavy atom. The number of carbonyl (C=O) groups excluding carboxylic acids is 1. The highest BCUT2D eigenvalue weighted by atomic mass is 32.2. The van der Waals surface area contributed by atoms with Gasteiger partial charge in [0, 0.05) is 19.1 Å². The molecule has 0 aliphatic carbocycles. The number of aryl methyl sites for hydroxylation is 1. The van der Waals surface area contributed by atoms with E-state index in [9.17, 15) is 13.2 Å². The van der Waals surface area contributed by atoms with Crippen LogP contribution in [-0.2, 0) is 14.8 Å². The molecule has 1 aromatic rings. The Labute approximate surface area is 139 Å². The van der Waals surface area contributed by atoms with E-state index in [0.717, 1.165) is 18.4 Å².